The van der Waals surface area contributed by atoms with E-state index in [-0.39, 0.29) is 5.91 Å². The highest BCUT2D eigenvalue weighted by molar-refractivity contribution is 5.91. The van der Waals surface area contributed by atoms with Crippen LogP contribution in [0.1, 0.15) is 31.2 Å². The fourth-order valence-electron chi connectivity index (χ4n) is 2.86. The van der Waals surface area contributed by atoms with Crippen LogP contribution in [0.15, 0.2) is 30.3 Å². The van der Waals surface area contributed by atoms with E-state index in [0.717, 1.165) is 18.4 Å². The van der Waals surface area contributed by atoms with Crippen molar-refractivity contribution in [3.63, 3.8) is 0 Å². The largest absolute Gasteiger partial charge is 0.480 e. The number of carbonyl (C=O) groups is 2. The second-order valence-electron chi connectivity index (χ2n) is 5.20. The van der Waals surface area contributed by atoms with E-state index in [0.29, 0.717) is 12.8 Å². The Morgan fingerprint density at radius 1 is 1.20 bits per heavy atom. The number of aliphatic carboxylic acids is 1. The zero-order valence-electron chi connectivity index (χ0n) is 11.2. The number of carboxylic acids is 1. The molecule has 1 aromatic rings. The van der Waals surface area contributed by atoms with Crippen molar-refractivity contribution in [2.45, 2.75) is 37.1 Å². The standard InChI is InChI=1S/C15H19NO4/c17-10-12(13(18)19)16-14(20)15(8-4-5-9-15)11-6-2-1-3-7-11/h1-3,6-7,12,17H,4-5,8-10H2,(H,16,20)(H,18,19)/t12-/m1/s1. The van der Waals surface area contributed by atoms with E-state index < -0.39 is 24.0 Å². The third kappa shape index (κ3) is 2.67. The SMILES string of the molecule is O=C(O)[C@@H](CO)NC(=O)C1(c2ccccc2)CCCC1. The Hall–Kier alpha value is -1.88. The summed E-state index contributed by atoms with van der Waals surface area (Å²) in [6.07, 6.45) is 3.31. The second-order valence-corrected chi connectivity index (χ2v) is 5.20. The quantitative estimate of drug-likeness (QED) is 0.751. The summed E-state index contributed by atoms with van der Waals surface area (Å²) in [7, 11) is 0. The van der Waals surface area contributed by atoms with Crippen molar-refractivity contribution in [2.24, 2.45) is 0 Å². The van der Waals surface area contributed by atoms with Gasteiger partial charge in [0.2, 0.25) is 5.91 Å². The Kier molecular flexibility index (Phi) is 4.39. The Labute approximate surface area is 117 Å². The Bertz CT molecular complexity index is 480. The van der Waals surface area contributed by atoms with E-state index in [1.54, 1.807) is 0 Å². The van der Waals surface area contributed by atoms with E-state index in [9.17, 15) is 9.59 Å². The Morgan fingerprint density at radius 3 is 2.30 bits per heavy atom. The van der Waals surface area contributed by atoms with Crippen LogP contribution in [0, 0.1) is 0 Å². The molecule has 1 amide bonds. The first kappa shape index (κ1) is 14.5. The normalized spacial score (nSPS) is 18.4. The highest BCUT2D eigenvalue weighted by Gasteiger charge is 2.43. The van der Waals surface area contributed by atoms with Crippen LogP contribution in [-0.4, -0.2) is 34.7 Å². The topological polar surface area (TPSA) is 86.6 Å². The van der Waals surface area contributed by atoms with Gasteiger partial charge in [-0.3, -0.25) is 4.79 Å². The summed E-state index contributed by atoms with van der Waals surface area (Å²) < 4.78 is 0. The maximum Gasteiger partial charge on any atom is 0.328 e. The van der Waals surface area contributed by atoms with Gasteiger partial charge < -0.3 is 15.5 Å². The van der Waals surface area contributed by atoms with Crippen molar-refractivity contribution in [1.29, 1.82) is 0 Å². The molecule has 1 fully saturated rings. The van der Waals surface area contributed by atoms with Crippen molar-refractivity contribution >= 4 is 11.9 Å². The first-order chi connectivity index (χ1) is 9.60. The average Bonchev–Trinajstić information content (AvgIpc) is 2.96. The lowest BCUT2D eigenvalue weighted by Crippen LogP contribution is -2.51. The zero-order valence-corrected chi connectivity index (χ0v) is 11.2. The van der Waals surface area contributed by atoms with Crippen LogP contribution in [0.5, 0.6) is 0 Å². The molecule has 2 rings (SSSR count). The van der Waals surface area contributed by atoms with Crippen molar-refractivity contribution < 1.29 is 19.8 Å². The molecule has 1 aliphatic carbocycles. The van der Waals surface area contributed by atoms with Gasteiger partial charge >= 0.3 is 5.97 Å². The van der Waals surface area contributed by atoms with Gasteiger partial charge in [-0.2, -0.15) is 0 Å². The predicted molar refractivity (Wildman–Crippen MR) is 73.2 cm³/mol. The van der Waals surface area contributed by atoms with E-state index in [2.05, 4.69) is 5.32 Å². The summed E-state index contributed by atoms with van der Waals surface area (Å²) in [5.41, 5.74) is 0.251. The summed E-state index contributed by atoms with van der Waals surface area (Å²) in [4.78, 5) is 23.5. The summed E-state index contributed by atoms with van der Waals surface area (Å²) in [6, 6.07) is 8.20. The molecule has 5 nitrogen and oxygen atoms in total. The van der Waals surface area contributed by atoms with Gasteiger partial charge in [0.05, 0.1) is 12.0 Å². The first-order valence-corrected chi connectivity index (χ1v) is 6.80. The van der Waals surface area contributed by atoms with Crippen molar-refractivity contribution in [3.05, 3.63) is 35.9 Å². The number of carboxylic acid groups (broad SMARTS) is 1. The highest BCUT2D eigenvalue weighted by Crippen LogP contribution is 2.41. The van der Waals surface area contributed by atoms with Gasteiger partial charge in [0, 0.05) is 0 Å². The molecule has 1 aliphatic rings. The van der Waals surface area contributed by atoms with E-state index in [1.807, 2.05) is 30.3 Å². The number of hydrogen-bond donors (Lipinski definition) is 3. The summed E-state index contributed by atoms with van der Waals surface area (Å²) in [6.45, 7) is -0.605. The van der Waals surface area contributed by atoms with Crippen LogP contribution >= 0.6 is 0 Å². The molecule has 3 N–H and O–H groups in total. The number of carbonyl (C=O) groups excluding carboxylic acids is 1. The second kappa shape index (κ2) is 6.05. The van der Waals surface area contributed by atoms with Crippen LogP contribution < -0.4 is 5.32 Å². The van der Waals surface area contributed by atoms with Gasteiger partial charge in [0.15, 0.2) is 0 Å². The number of amides is 1. The molecule has 20 heavy (non-hydrogen) atoms. The molecule has 0 aromatic heterocycles. The summed E-state index contributed by atoms with van der Waals surface area (Å²) >= 11 is 0. The first-order valence-electron chi connectivity index (χ1n) is 6.80. The molecule has 0 saturated heterocycles. The molecular formula is C15H19NO4. The van der Waals surface area contributed by atoms with Gasteiger partial charge in [-0.15, -0.1) is 0 Å². The lowest BCUT2D eigenvalue weighted by atomic mass is 9.78. The van der Waals surface area contributed by atoms with Gasteiger partial charge in [-0.25, -0.2) is 4.79 Å². The minimum Gasteiger partial charge on any atom is -0.480 e. The minimum atomic E-state index is -1.25. The fraction of sp³-hybridized carbons (Fsp3) is 0.467. The van der Waals surface area contributed by atoms with Gasteiger partial charge in [0.25, 0.3) is 0 Å². The van der Waals surface area contributed by atoms with Crippen LogP contribution in [0.25, 0.3) is 0 Å². The van der Waals surface area contributed by atoms with Crippen LogP contribution in [0.2, 0.25) is 0 Å². The number of nitrogens with one attached hydrogen (secondary N) is 1. The van der Waals surface area contributed by atoms with Gasteiger partial charge in [-0.05, 0) is 18.4 Å². The minimum absolute atomic E-state index is 0.303. The lowest BCUT2D eigenvalue weighted by molar-refractivity contribution is -0.144. The van der Waals surface area contributed by atoms with Gasteiger partial charge in [0.1, 0.15) is 6.04 Å². The highest BCUT2D eigenvalue weighted by atomic mass is 16.4. The molecule has 108 valence electrons. The lowest BCUT2D eigenvalue weighted by Gasteiger charge is -2.29. The van der Waals surface area contributed by atoms with Crippen molar-refractivity contribution in [3.8, 4) is 0 Å². The molecule has 1 aromatic carbocycles. The van der Waals surface area contributed by atoms with Crippen LogP contribution in [0.4, 0.5) is 0 Å². The van der Waals surface area contributed by atoms with Crippen molar-refractivity contribution in [2.75, 3.05) is 6.61 Å². The average molecular weight is 277 g/mol. The molecule has 5 heteroatoms. The van der Waals surface area contributed by atoms with Crippen LogP contribution in [-0.2, 0) is 15.0 Å². The number of benzene rings is 1. The van der Waals surface area contributed by atoms with Crippen molar-refractivity contribution in [1.82, 2.24) is 5.32 Å². The number of aliphatic hydroxyl groups excluding tert-OH is 1. The number of hydrogen-bond acceptors (Lipinski definition) is 3. The van der Waals surface area contributed by atoms with Gasteiger partial charge in [-0.1, -0.05) is 43.2 Å². The molecule has 0 bridgehead atoms. The third-order valence-electron chi connectivity index (χ3n) is 4.00. The number of rotatable bonds is 5. The molecule has 0 radical (unpaired) electrons. The van der Waals surface area contributed by atoms with E-state index in [1.165, 1.54) is 0 Å². The third-order valence-corrected chi connectivity index (χ3v) is 4.00. The molecule has 0 heterocycles. The smallest absolute Gasteiger partial charge is 0.328 e. The van der Waals surface area contributed by atoms with Crippen LogP contribution in [0.3, 0.4) is 0 Å². The zero-order chi connectivity index (χ0) is 14.6. The molecule has 1 saturated carbocycles. The summed E-state index contributed by atoms with van der Waals surface area (Å²) in [5, 5.41) is 20.5. The molecule has 0 spiro atoms. The fourth-order valence-corrected chi connectivity index (χ4v) is 2.86. The number of aliphatic hydroxyl groups is 1. The van der Waals surface area contributed by atoms with E-state index >= 15 is 0 Å². The molecule has 0 aliphatic heterocycles. The Balaban J connectivity index is 2.25. The maximum atomic E-state index is 12.6. The molecule has 0 unspecified atom stereocenters. The van der Waals surface area contributed by atoms with E-state index in [4.69, 9.17) is 10.2 Å². The monoisotopic (exact) mass is 277 g/mol. The predicted octanol–water partition coefficient (Wildman–Crippen LogP) is 1.06. The maximum absolute atomic E-state index is 12.6. The molecular weight excluding hydrogens is 258 g/mol. The molecule has 1 atom stereocenters. The Morgan fingerprint density at radius 2 is 1.80 bits per heavy atom. The summed E-state index contributed by atoms with van der Waals surface area (Å²) in [5.74, 6) is -1.52.